The van der Waals surface area contributed by atoms with Crippen molar-refractivity contribution in [2.75, 3.05) is 0 Å². The third-order valence-corrected chi connectivity index (χ3v) is 7.02. The van der Waals surface area contributed by atoms with E-state index in [1.165, 1.54) is 60.8 Å². The number of benzene rings is 2. The fourth-order valence-corrected chi connectivity index (χ4v) is 5.00. The summed E-state index contributed by atoms with van der Waals surface area (Å²) >= 11 is 0. The average Bonchev–Trinajstić information content (AvgIpc) is 2.79. The van der Waals surface area contributed by atoms with Crippen LogP contribution in [0.25, 0.3) is 17.2 Å². The minimum atomic E-state index is 0.614. The zero-order valence-electron chi connectivity index (χ0n) is 17.8. The van der Waals surface area contributed by atoms with Gasteiger partial charge in [0.25, 0.3) is 0 Å². The summed E-state index contributed by atoms with van der Waals surface area (Å²) < 4.78 is 0. The Morgan fingerprint density at radius 3 is 2.00 bits per heavy atom. The molecule has 0 amide bonds. The first-order chi connectivity index (χ1) is 14.2. The van der Waals surface area contributed by atoms with Crippen molar-refractivity contribution in [3.05, 3.63) is 90.5 Å². The Morgan fingerprint density at radius 1 is 0.759 bits per heavy atom. The Balaban J connectivity index is 1.29. The molecule has 2 aliphatic rings. The van der Waals surface area contributed by atoms with Crippen LogP contribution in [0.1, 0.15) is 49.7 Å². The molecular formula is C29H34. The molecule has 0 saturated heterocycles. The van der Waals surface area contributed by atoms with Crippen LogP contribution in [0.2, 0.25) is 0 Å². The summed E-state index contributed by atoms with van der Waals surface area (Å²) in [5.74, 6) is 3.07. The van der Waals surface area contributed by atoms with Gasteiger partial charge in [0.05, 0.1) is 0 Å². The summed E-state index contributed by atoms with van der Waals surface area (Å²) in [5, 5.41) is 0. The Bertz CT molecular complexity index is 842. The molecule has 0 nitrogen and oxygen atoms in total. The van der Waals surface area contributed by atoms with Crippen LogP contribution in [0.4, 0.5) is 0 Å². The lowest BCUT2D eigenvalue weighted by Crippen LogP contribution is -2.22. The predicted octanol–water partition coefficient (Wildman–Crippen LogP) is 8.25. The molecule has 2 aliphatic carbocycles. The standard InChI is InChI=1S/C29H34/c1-3-23-8-16-27(17-9-23)29-20-12-25(13-21-29)7-6-24-10-18-28(19-11-24)26-14-4-22(2)5-15-26/h3-8,10-11,14-16,18-19,23,25,27,29H,1,9,12-13,17,20-21H2,2H3/b7-6+. The van der Waals surface area contributed by atoms with Gasteiger partial charge in [0.1, 0.15) is 0 Å². The van der Waals surface area contributed by atoms with Gasteiger partial charge in [-0.05, 0) is 85.8 Å². The summed E-state index contributed by atoms with van der Waals surface area (Å²) in [6.07, 6.45) is 19.9. The van der Waals surface area contributed by atoms with E-state index in [0.717, 1.165) is 17.8 Å². The van der Waals surface area contributed by atoms with E-state index in [2.05, 4.69) is 92.4 Å². The lowest BCUT2D eigenvalue weighted by Gasteiger charge is -2.34. The Labute approximate surface area is 177 Å². The smallest absolute Gasteiger partial charge is 0.00559 e. The third kappa shape index (κ3) is 5.18. The minimum Gasteiger partial charge on any atom is -0.102 e. The van der Waals surface area contributed by atoms with Gasteiger partial charge in [-0.15, -0.1) is 6.58 Å². The van der Waals surface area contributed by atoms with Gasteiger partial charge >= 0.3 is 0 Å². The summed E-state index contributed by atoms with van der Waals surface area (Å²) in [4.78, 5) is 0. The molecule has 29 heavy (non-hydrogen) atoms. The summed E-state index contributed by atoms with van der Waals surface area (Å²) in [6.45, 7) is 6.08. The van der Waals surface area contributed by atoms with E-state index in [9.17, 15) is 0 Å². The quantitative estimate of drug-likeness (QED) is 0.457. The van der Waals surface area contributed by atoms with Crippen LogP contribution in [-0.2, 0) is 0 Å². The molecule has 2 atom stereocenters. The highest BCUT2D eigenvalue weighted by atomic mass is 14.3. The number of hydrogen-bond donors (Lipinski definition) is 0. The Kier molecular flexibility index (Phi) is 6.49. The molecule has 2 aromatic rings. The van der Waals surface area contributed by atoms with Crippen molar-refractivity contribution in [3.63, 3.8) is 0 Å². The zero-order valence-corrected chi connectivity index (χ0v) is 17.8. The molecule has 0 spiro atoms. The molecule has 1 fully saturated rings. The SMILES string of the molecule is C=CC1C=CC(C2CCC(/C=C/c3ccc(-c4ccc(C)cc4)cc3)CC2)CC1. The first-order valence-corrected chi connectivity index (χ1v) is 11.4. The molecule has 0 bridgehead atoms. The van der Waals surface area contributed by atoms with Crippen LogP contribution < -0.4 is 0 Å². The molecule has 0 aromatic heterocycles. The zero-order chi connectivity index (χ0) is 20.1. The van der Waals surface area contributed by atoms with Gasteiger partial charge in [0.2, 0.25) is 0 Å². The van der Waals surface area contributed by atoms with E-state index in [1.807, 2.05) is 0 Å². The fourth-order valence-electron chi connectivity index (χ4n) is 5.00. The lowest BCUT2D eigenvalue weighted by molar-refractivity contribution is 0.236. The normalized spacial score (nSPS) is 27.2. The van der Waals surface area contributed by atoms with Gasteiger partial charge in [0.15, 0.2) is 0 Å². The summed E-state index contributed by atoms with van der Waals surface area (Å²) in [6, 6.07) is 17.8. The lowest BCUT2D eigenvalue weighted by atomic mass is 9.72. The van der Waals surface area contributed by atoms with Crippen LogP contribution in [0.3, 0.4) is 0 Å². The van der Waals surface area contributed by atoms with Crippen molar-refractivity contribution < 1.29 is 0 Å². The molecule has 0 heterocycles. The number of hydrogen-bond acceptors (Lipinski definition) is 0. The van der Waals surface area contributed by atoms with Gasteiger partial charge in [-0.1, -0.05) is 84.5 Å². The van der Waals surface area contributed by atoms with Gasteiger partial charge in [-0.3, -0.25) is 0 Å². The molecule has 0 aliphatic heterocycles. The van der Waals surface area contributed by atoms with E-state index < -0.39 is 0 Å². The number of allylic oxidation sites excluding steroid dienone is 4. The van der Waals surface area contributed by atoms with Crippen molar-refractivity contribution in [2.45, 2.75) is 45.4 Å². The van der Waals surface area contributed by atoms with Crippen molar-refractivity contribution in [1.29, 1.82) is 0 Å². The molecule has 2 aromatic carbocycles. The van der Waals surface area contributed by atoms with Crippen LogP contribution >= 0.6 is 0 Å². The van der Waals surface area contributed by atoms with Gasteiger partial charge < -0.3 is 0 Å². The van der Waals surface area contributed by atoms with Crippen LogP contribution in [-0.4, -0.2) is 0 Å². The van der Waals surface area contributed by atoms with E-state index in [4.69, 9.17) is 0 Å². The van der Waals surface area contributed by atoms with E-state index >= 15 is 0 Å². The van der Waals surface area contributed by atoms with E-state index in [0.29, 0.717) is 5.92 Å². The second-order valence-corrected chi connectivity index (χ2v) is 9.05. The van der Waals surface area contributed by atoms with Gasteiger partial charge in [-0.2, -0.15) is 0 Å². The molecule has 4 rings (SSSR count). The van der Waals surface area contributed by atoms with Gasteiger partial charge in [-0.25, -0.2) is 0 Å². The van der Waals surface area contributed by atoms with Gasteiger partial charge in [0, 0.05) is 0 Å². The van der Waals surface area contributed by atoms with Crippen molar-refractivity contribution in [2.24, 2.45) is 23.7 Å². The maximum Gasteiger partial charge on any atom is -0.00559 e. The van der Waals surface area contributed by atoms with Crippen molar-refractivity contribution >= 4 is 6.08 Å². The first kappa shape index (κ1) is 20.0. The monoisotopic (exact) mass is 382 g/mol. The topological polar surface area (TPSA) is 0 Å². The van der Waals surface area contributed by atoms with Crippen LogP contribution in [0.15, 0.2) is 79.4 Å². The van der Waals surface area contributed by atoms with E-state index in [-0.39, 0.29) is 0 Å². The summed E-state index contributed by atoms with van der Waals surface area (Å²) in [7, 11) is 0. The second-order valence-electron chi connectivity index (χ2n) is 9.05. The minimum absolute atomic E-state index is 0.614. The highest BCUT2D eigenvalue weighted by molar-refractivity contribution is 5.65. The molecule has 1 saturated carbocycles. The van der Waals surface area contributed by atoms with Crippen LogP contribution in [0, 0.1) is 30.6 Å². The molecular weight excluding hydrogens is 348 g/mol. The largest absolute Gasteiger partial charge is 0.102 e. The van der Waals surface area contributed by atoms with Crippen molar-refractivity contribution in [1.82, 2.24) is 0 Å². The highest BCUT2D eigenvalue weighted by Crippen LogP contribution is 2.39. The third-order valence-electron chi connectivity index (χ3n) is 7.02. The average molecular weight is 383 g/mol. The molecule has 0 heteroatoms. The molecule has 150 valence electrons. The van der Waals surface area contributed by atoms with Crippen LogP contribution in [0.5, 0.6) is 0 Å². The molecule has 2 unspecified atom stereocenters. The highest BCUT2D eigenvalue weighted by Gasteiger charge is 2.27. The number of rotatable bonds is 5. The van der Waals surface area contributed by atoms with Crippen molar-refractivity contribution in [3.8, 4) is 11.1 Å². The molecule has 0 N–H and O–H groups in total. The number of aryl methyl sites for hydroxylation is 1. The Morgan fingerprint density at radius 2 is 1.41 bits per heavy atom. The molecule has 0 radical (unpaired) electrons. The summed E-state index contributed by atoms with van der Waals surface area (Å²) in [5.41, 5.74) is 5.21. The maximum absolute atomic E-state index is 3.94. The Hall–Kier alpha value is -2.34. The predicted molar refractivity (Wildman–Crippen MR) is 127 cm³/mol. The van der Waals surface area contributed by atoms with E-state index in [1.54, 1.807) is 0 Å². The maximum atomic E-state index is 3.94. The first-order valence-electron chi connectivity index (χ1n) is 11.4. The second kappa shape index (κ2) is 9.44. The fraction of sp³-hybridized carbons (Fsp3) is 0.379.